The Labute approximate surface area is 175 Å². The molecule has 0 spiro atoms. The molecule has 0 unspecified atom stereocenters. The third-order valence-electron chi connectivity index (χ3n) is 5.41. The molecule has 0 bridgehead atoms. The van der Waals surface area contributed by atoms with Crippen LogP contribution in [-0.2, 0) is 9.53 Å². The predicted molar refractivity (Wildman–Crippen MR) is 113 cm³/mol. The van der Waals surface area contributed by atoms with Gasteiger partial charge in [-0.3, -0.25) is 4.79 Å². The zero-order valence-corrected chi connectivity index (χ0v) is 18.2. The molecule has 1 amide bonds. The summed E-state index contributed by atoms with van der Waals surface area (Å²) in [6, 6.07) is 7.65. The van der Waals surface area contributed by atoms with Crippen LogP contribution < -0.4 is 10.1 Å². The first-order chi connectivity index (χ1) is 13.9. The monoisotopic (exact) mass is 416 g/mol. The highest BCUT2D eigenvalue weighted by molar-refractivity contribution is 7.17. The van der Waals surface area contributed by atoms with Crippen LogP contribution in [0.25, 0.3) is 10.6 Å². The van der Waals surface area contributed by atoms with Crippen LogP contribution in [0.4, 0.5) is 0 Å². The van der Waals surface area contributed by atoms with Crippen molar-refractivity contribution in [1.82, 2.24) is 10.3 Å². The van der Waals surface area contributed by atoms with Gasteiger partial charge in [0, 0.05) is 11.6 Å². The Morgan fingerprint density at radius 2 is 1.90 bits per heavy atom. The summed E-state index contributed by atoms with van der Waals surface area (Å²) in [5, 5.41) is 3.77. The number of hydrogen-bond donors (Lipinski definition) is 1. The molecule has 3 rings (SSSR count). The number of hydrogen-bond acceptors (Lipinski definition) is 6. The highest BCUT2D eigenvalue weighted by atomic mass is 32.1. The van der Waals surface area contributed by atoms with E-state index in [2.05, 4.69) is 17.2 Å². The highest BCUT2D eigenvalue weighted by Gasteiger charge is 2.27. The second-order valence-corrected chi connectivity index (χ2v) is 8.59. The number of esters is 1. The molecule has 6 nitrogen and oxygen atoms in total. The molecule has 1 aromatic heterocycles. The SMILES string of the molecule is COc1ccc(-c2nc(C)c(C(=O)O[C@H](C)C(=O)N[C@@H]3CCCC[C@@H]3C)s2)cc1. The molecular weight excluding hydrogens is 388 g/mol. The van der Waals surface area contributed by atoms with Crippen molar-refractivity contribution in [1.29, 1.82) is 0 Å². The fourth-order valence-corrected chi connectivity index (χ4v) is 4.50. The lowest BCUT2D eigenvalue weighted by Gasteiger charge is -2.30. The third kappa shape index (κ3) is 5.15. The lowest BCUT2D eigenvalue weighted by Crippen LogP contribution is -2.45. The lowest BCUT2D eigenvalue weighted by atomic mass is 9.86. The number of aryl methyl sites for hydroxylation is 1. The van der Waals surface area contributed by atoms with E-state index in [1.54, 1.807) is 21.0 Å². The van der Waals surface area contributed by atoms with E-state index in [0.29, 0.717) is 16.5 Å². The van der Waals surface area contributed by atoms with Gasteiger partial charge in [0.2, 0.25) is 0 Å². The van der Waals surface area contributed by atoms with Crippen LogP contribution >= 0.6 is 11.3 Å². The van der Waals surface area contributed by atoms with Gasteiger partial charge in [0.05, 0.1) is 12.8 Å². The number of carbonyl (C=O) groups excluding carboxylic acids is 2. The maximum Gasteiger partial charge on any atom is 0.351 e. The molecule has 2 aromatic rings. The smallest absolute Gasteiger partial charge is 0.351 e. The zero-order chi connectivity index (χ0) is 21.0. The molecule has 0 saturated heterocycles. The second-order valence-electron chi connectivity index (χ2n) is 7.59. The van der Waals surface area contributed by atoms with Gasteiger partial charge in [0.1, 0.15) is 15.6 Å². The predicted octanol–water partition coefficient (Wildman–Crippen LogP) is 4.37. The number of benzene rings is 1. The summed E-state index contributed by atoms with van der Waals surface area (Å²) in [7, 11) is 1.61. The van der Waals surface area contributed by atoms with Crippen molar-refractivity contribution in [2.75, 3.05) is 7.11 Å². The van der Waals surface area contributed by atoms with Crippen molar-refractivity contribution in [2.24, 2.45) is 5.92 Å². The summed E-state index contributed by atoms with van der Waals surface area (Å²) in [4.78, 5) is 30.0. The van der Waals surface area contributed by atoms with Crippen molar-refractivity contribution in [2.45, 2.75) is 58.6 Å². The van der Waals surface area contributed by atoms with Gasteiger partial charge in [-0.25, -0.2) is 9.78 Å². The van der Waals surface area contributed by atoms with Crippen LogP contribution in [0.2, 0.25) is 0 Å². The number of thiazole rings is 1. The topological polar surface area (TPSA) is 77.5 Å². The van der Waals surface area contributed by atoms with Gasteiger partial charge < -0.3 is 14.8 Å². The van der Waals surface area contributed by atoms with Gasteiger partial charge >= 0.3 is 5.97 Å². The summed E-state index contributed by atoms with van der Waals surface area (Å²) in [6.07, 6.45) is 3.58. The summed E-state index contributed by atoms with van der Waals surface area (Å²) < 4.78 is 10.6. The Morgan fingerprint density at radius 1 is 1.21 bits per heavy atom. The van der Waals surface area contributed by atoms with Crippen molar-refractivity contribution < 1.29 is 19.1 Å². The standard InChI is InChI=1S/C22H28N2O4S/c1-13-7-5-6-8-18(13)24-20(25)15(3)28-22(26)19-14(2)23-21(29-19)16-9-11-17(27-4)12-10-16/h9-13,15,18H,5-8H2,1-4H3,(H,24,25)/t13-,15+,18+/m0/s1. The van der Waals surface area contributed by atoms with Crippen LogP contribution in [0, 0.1) is 12.8 Å². The first-order valence-electron chi connectivity index (χ1n) is 10.0. The molecule has 0 radical (unpaired) electrons. The lowest BCUT2D eigenvalue weighted by molar-refractivity contribution is -0.130. The quantitative estimate of drug-likeness (QED) is 0.708. The molecule has 7 heteroatoms. The van der Waals surface area contributed by atoms with Gasteiger partial charge in [-0.05, 0) is 56.9 Å². The minimum Gasteiger partial charge on any atom is -0.497 e. The van der Waals surface area contributed by atoms with Crippen LogP contribution in [0.5, 0.6) is 5.75 Å². The van der Waals surface area contributed by atoms with E-state index in [9.17, 15) is 9.59 Å². The molecule has 1 fully saturated rings. The molecule has 1 aliphatic rings. The molecule has 1 aromatic carbocycles. The largest absolute Gasteiger partial charge is 0.497 e. The van der Waals surface area contributed by atoms with Crippen LogP contribution in [0.3, 0.4) is 0 Å². The van der Waals surface area contributed by atoms with Crippen molar-refractivity contribution in [3.63, 3.8) is 0 Å². The number of nitrogens with one attached hydrogen (secondary N) is 1. The number of amides is 1. The van der Waals surface area contributed by atoms with Crippen molar-refractivity contribution in [3.8, 4) is 16.3 Å². The Balaban J connectivity index is 1.63. The van der Waals surface area contributed by atoms with Crippen LogP contribution in [0.1, 0.15) is 54.9 Å². The maximum atomic E-state index is 12.6. The number of aromatic nitrogens is 1. The number of rotatable bonds is 6. The molecule has 3 atom stereocenters. The van der Waals surface area contributed by atoms with Crippen LogP contribution in [0.15, 0.2) is 24.3 Å². The summed E-state index contributed by atoms with van der Waals surface area (Å²) in [6.45, 7) is 5.54. The Hall–Kier alpha value is -2.41. The van der Waals surface area contributed by atoms with E-state index in [0.717, 1.165) is 35.6 Å². The Bertz CT molecular complexity index is 862. The zero-order valence-electron chi connectivity index (χ0n) is 17.4. The molecule has 156 valence electrons. The first-order valence-corrected chi connectivity index (χ1v) is 10.8. The number of methoxy groups -OCH3 is 1. The highest BCUT2D eigenvalue weighted by Crippen LogP contribution is 2.30. The third-order valence-corrected chi connectivity index (χ3v) is 6.60. The van der Waals surface area contributed by atoms with Crippen molar-refractivity contribution >= 4 is 23.2 Å². The summed E-state index contributed by atoms with van der Waals surface area (Å²) in [5.74, 6) is 0.453. The van der Waals surface area contributed by atoms with E-state index in [-0.39, 0.29) is 11.9 Å². The average molecular weight is 417 g/mol. The molecule has 1 heterocycles. The molecule has 29 heavy (non-hydrogen) atoms. The molecule has 0 aliphatic heterocycles. The average Bonchev–Trinajstić information content (AvgIpc) is 3.11. The van der Waals surface area contributed by atoms with Crippen molar-refractivity contribution in [3.05, 3.63) is 34.8 Å². The maximum absolute atomic E-state index is 12.6. The summed E-state index contributed by atoms with van der Waals surface area (Å²) in [5.41, 5.74) is 1.49. The number of carbonyl (C=O) groups is 2. The molecule has 1 aliphatic carbocycles. The fraction of sp³-hybridized carbons (Fsp3) is 0.500. The van der Waals surface area contributed by atoms with E-state index in [1.807, 2.05) is 24.3 Å². The van der Waals surface area contributed by atoms with E-state index >= 15 is 0 Å². The van der Waals surface area contributed by atoms with Gasteiger partial charge in [-0.1, -0.05) is 19.8 Å². The normalized spacial score (nSPS) is 20.0. The van der Waals surface area contributed by atoms with Gasteiger partial charge in [0.15, 0.2) is 6.10 Å². The fourth-order valence-electron chi connectivity index (χ4n) is 3.54. The minimum atomic E-state index is -0.845. The van der Waals surface area contributed by atoms with Gasteiger partial charge in [0.25, 0.3) is 5.91 Å². The van der Waals surface area contributed by atoms with E-state index in [4.69, 9.17) is 9.47 Å². The van der Waals surface area contributed by atoms with Crippen LogP contribution in [-0.4, -0.2) is 36.1 Å². The number of ether oxygens (including phenoxy) is 2. The molecule has 1 N–H and O–H groups in total. The summed E-state index contributed by atoms with van der Waals surface area (Å²) >= 11 is 1.27. The second kappa shape index (κ2) is 9.39. The van der Waals surface area contributed by atoms with Gasteiger partial charge in [-0.15, -0.1) is 11.3 Å². The molecule has 1 saturated carbocycles. The van der Waals surface area contributed by atoms with E-state index < -0.39 is 12.1 Å². The van der Waals surface area contributed by atoms with Gasteiger partial charge in [-0.2, -0.15) is 0 Å². The number of nitrogens with zero attached hydrogens (tertiary/aromatic N) is 1. The Morgan fingerprint density at radius 3 is 2.55 bits per heavy atom. The minimum absolute atomic E-state index is 0.157. The molecular formula is C22H28N2O4S. The Kier molecular flexibility index (Phi) is 6.90. The first kappa shape index (κ1) is 21.3. The van der Waals surface area contributed by atoms with E-state index in [1.165, 1.54) is 17.8 Å².